The standard InChI is InChI=1S/C16H16N4/c17-12-4-3-5-13(10-12)19-8-9-20-15-7-2-1-6-14(15)18-16(20)11-19/h1-7,10H,8-9,11,17H2. The molecule has 20 heavy (non-hydrogen) atoms. The van der Waals surface area contributed by atoms with Crippen LogP contribution in [0, 0.1) is 0 Å². The van der Waals surface area contributed by atoms with E-state index in [0.29, 0.717) is 0 Å². The maximum absolute atomic E-state index is 5.87. The number of rotatable bonds is 1. The second-order valence-electron chi connectivity index (χ2n) is 5.18. The van der Waals surface area contributed by atoms with Gasteiger partial charge in [-0.15, -0.1) is 0 Å². The van der Waals surface area contributed by atoms with Crippen LogP contribution < -0.4 is 10.6 Å². The first-order chi connectivity index (χ1) is 9.81. The van der Waals surface area contributed by atoms with Crippen LogP contribution in [0.1, 0.15) is 5.82 Å². The number of hydrogen-bond acceptors (Lipinski definition) is 3. The van der Waals surface area contributed by atoms with E-state index in [9.17, 15) is 0 Å². The van der Waals surface area contributed by atoms with E-state index in [0.717, 1.165) is 36.7 Å². The molecule has 2 aromatic carbocycles. The summed E-state index contributed by atoms with van der Waals surface area (Å²) in [7, 11) is 0. The summed E-state index contributed by atoms with van der Waals surface area (Å²) in [5, 5.41) is 0. The topological polar surface area (TPSA) is 47.1 Å². The monoisotopic (exact) mass is 264 g/mol. The Morgan fingerprint density at radius 1 is 1.00 bits per heavy atom. The van der Waals surface area contributed by atoms with Gasteiger partial charge < -0.3 is 15.2 Å². The van der Waals surface area contributed by atoms with Crippen molar-refractivity contribution in [2.24, 2.45) is 0 Å². The number of hydrogen-bond donors (Lipinski definition) is 1. The molecule has 0 spiro atoms. The van der Waals surface area contributed by atoms with Crippen LogP contribution in [-0.2, 0) is 13.1 Å². The van der Waals surface area contributed by atoms with E-state index in [-0.39, 0.29) is 0 Å². The van der Waals surface area contributed by atoms with Crippen LogP contribution in [0.15, 0.2) is 48.5 Å². The zero-order valence-corrected chi connectivity index (χ0v) is 11.2. The first-order valence-corrected chi connectivity index (χ1v) is 6.86. The van der Waals surface area contributed by atoms with Crippen LogP contribution in [0.2, 0.25) is 0 Å². The van der Waals surface area contributed by atoms with Gasteiger partial charge in [-0.2, -0.15) is 0 Å². The average Bonchev–Trinajstić information content (AvgIpc) is 2.85. The molecule has 0 aliphatic carbocycles. The minimum Gasteiger partial charge on any atom is -0.399 e. The van der Waals surface area contributed by atoms with Crippen LogP contribution in [-0.4, -0.2) is 16.1 Å². The first-order valence-electron chi connectivity index (χ1n) is 6.86. The quantitative estimate of drug-likeness (QED) is 0.687. The molecule has 2 heterocycles. The number of aromatic nitrogens is 2. The molecule has 3 aromatic rings. The van der Waals surface area contributed by atoms with E-state index in [1.807, 2.05) is 24.3 Å². The van der Waals surface area contributed by atoms with Crippen molar-refractivity contribution >= 4 is 22.4 Å². The SMILES string of the molecule is Nc1cccc(N2CCn3c(nc4ccccc43)C2)c1. The van der Waals surface area contributed by atoms with Crippen molar-refractivity contribution in [1.82, 2.24) is 9.55 Å². The summed E-state index contributed by atoms with van der Waals surface area (Å²) >= 11 is 0. The molecular weight excluding hydrogens is 248 g/mol. The molecule has 1 aromatic heterocycles. The lowest BCUT2D eigenvalue weighted by Gasteiger charge is -2.30. The van der Waals surface area contributed by atoms with Crippen LogP contribution in [0.3, 0.4) is 0 Å². The molecule has 0 bridgehead atoms. The van der Waals surface area contributed by atoms with Crippen molar-refractivity contribution in [1.29, 1.82) is 0 Å². The van der Waals surface area contributed by atoms with Crippen LogP contribution in [0.4, 0.5) is 11.4 Å². The lowest BCUT2D eigenvalue weighted by atomic mass is 10.2. The van der Waals surface area contributed by atoms with Crippen molar-refractivity contribution in [3.63, 3.8) is 0 Å². The van der Waals surface area contributed by atoms with E-state index in [1.165, 1.54) is 11.2 Å². The summed E-state index contributed by atoms with van der Waals surface area (Å²) in [5.74, 6) is 1.12. The lowest BCUT2D eigenvalue weighted by molar-refractivity contribution is 0.571. The van der Waals surface area contributed by atoms with Gasteiger partial charge in [-0.25, -0.2) is 4.98 Å². The zero-order valence-electron chi connectivity index (χ0n) is 11.2. The Hall–Kier alpha value is -2.49. The van der Waals surface area contributed by atoms with Crippen LogP contribution in [0.25, 0.3) is 11.0 Å². The number of benzene rings is 2. The van der Waals surface area contributed by atoms with E-state index in [4.69, 9.17) is 10.7 Å². The second-order valence-corrected chi connectivity index (χ2v) is 5.18. The van der Waals surface area contributed by atoms with E-state index >= 15 is 0 Å². The molecule has 0 fully saturated rings. The Labute approximate surface area is 117 Å². The third-order valence-electron chi connectivity index (χ3n) is 3.89. The zero-order chi connectivity index (χ0) is 13.5. The second kappa shape index (κ2) is 4.27. The van der Waals surface area contributed by atoms with Gasteiger partial charge in [-0.3, -0.25) is 0 Å². The molecule has 0 radical (unpaired) electrons. The van der Waals surface area contributed by atoms with Gasteiger partial charge in [0.2, 0.25) is 0 Å². The molecule has 1 aliphatic rings. The van der Waals surface area contributed by atoms with E-state index < -0.39 is 0 Å². The van der Waals surface area contributed by atoms with E-state index in [2.05, 4.69) is 33.7 Å². The van der Waals surface area contributed by atoms with Gasteiger partial charge in [0, 0.05) is 24.5 Å². The van der Waals surface area contributed by atoms with Crippen molar-refractivity contribution in [2.75, 3.05) is 17.2 Å². The highest BCUT2D eigenvalue weighted by molar-refractivity contribution is 5.76. The fourth-order valence-electron chi connectivity index (χ4n) is 2.91. The number of para-hydroxylation sites is 2. The Morgan fingerprint density at radius 2 is 1.90 bits per heavy atom. The summed E-state index contributed by atoms with van der Waals surface area (Å²) in [6, 6.07) is 16.4. The van der Waals surface area contributed by atoms with E-state index in [1.54, 1.807) is 0 Å². The Morgan fingerprint density at radius 3 is 2.80 bits per heavy atom. The van der Waals surface area contributed by atoms with Gasteiger partial charge in [0.05, 0.1) is 17.6 Å². The normalized spacial score (nSPS) is 14.5. The summed E-state index contributed by atoms with van der Waals surface area (Å²) in [6.45, 7) is 2.78. The fraction of sp³-hybridized carbons (Fsp3) is 0.188. The third-order valence-corrected chi connectivity index (χ3v) is 3.89. The predicted molar refractivity (Wildman–Crippen MR) is 81.6 cm³/mol. The largest absolute Gasteiger partial charge is 0.399 e. The minimum absolute atomic E-state index is 0.807. The van der Waals surface area contributed by atoms with Gasteiger partial charge in [-0.1, -0.05) is 18.2 Å². The molecule has 2 N–H and O–H groups in total. The summed E-state index contributed by atoms with van der Waals surface area (Å²) in [6.07, 6.45) is 0. The van der Waals surface area contributed by atoms with Crippen molar-refractivity contribution in [3.8, 4) is 0 Å². The summed E-state index contributed by atoms with van der Waals surface area (Å²) < 4.78 is 2.32. The fourth-order valence-corrected chi connectivity index (χ4v) is 2.91. The van der Waals surface area contributed by atoms with Crippen molar-refractivity contribution in [2.45, 2.75) is 13.1 Å². The number of anilines is 2. The molecule has 0 unspecified atom stereocenters. The smallest absolute Gasteiger partial charge is 0.129 e. The Bertz CT molecular complexity index is 775. The molecule has 1 aliphatic heterocycles. The van der Waals surface area contributed by atoms with Gasteiger partial charge >= 0.3 is 0 Å². The highest BCUT2D eigenvalue weighted by atomic mass is 15.2. The Balaban J connectivity index is 1.73. The molecule has 4 rings (SSSR count). The highest BCUT2D eigenvalue weighted by Gasteiger charge is 2.20. The highest BCUT2D eigenvalue weighted by Crippen LogP contribution is 2.25. The number of fused-ring (bicyclic) bond motifs is 3. The maximum atomic E-state index is 5.87. The Kier molecular flexibility index (Phi) is 2.42. The molecule has 4 heteroatoms. The number of nitrogens with zero attached hydrogens (tertiary/aromatic N) is 3. The predicted octanol–water partition coefficient (Wildman–Crippen LogP) is 2.64. The maximum Gasteiger partial charge on any atom is 0.129 e. The average molecular weight is 264 g/mol. The van der Waals surface area contributed by atoms with Gasteiger partial charge in [0.1, 0.15) is 5.82 Å². The first kappa shape index (κ1) is 11.3. The molecular formula is C16H16N4. The summed E-state index contributed by atoms with van der Waals surface area (Å²) in [5.41, 5.74) is 10.2. The number of nitrogen functional groups attached to an aromatic ring is 1. The van der Waals surface area contributed by atoms with Crippen molar-refractivity contribution in [3.05, 3.63) is 54.4 Å². The van der Waals surface area contributed by atoms with Gasteiger partial charge in [0.15, 0.2) is 0 Å². The third kappa shape index (κ3) is 1.72. The summed E-state index contributed by atoms with van der Waals surface area (Å²) in [4.78, 5) is 7.07. The molecule has 100 valence electrons. The number of imidazole rings is 1. The molecule has 0 saturated heterocycles. The number of nitrogens with two attached hydrogens (primary N) is 1. The molecule has 0 saturated carbocycles. The minimum atomic E-state index is 0.807. The van der Waals surface area contributed by atoms with Crippen LogP contribution in [0.5, 0.6) is 0 Å². The molecule has 4 nitrogen and oxygen atoms in total. The lowest BCUT2D eigenvalue weighted by Crippen LogP contribution is -2.33. The molecule has 0 atom stereocenters. The van der Waals surface area contributed by atoms with Crippen LogP contribution >= 0.6 is 0 Å². The molecule has 0 amide bonds. The van der Waals surface area contributed by atoms with Gasteiger partial charge in [0.25, 0.3) is 0 Å². The van der Waals surface area contributed by atoms with Crippen molar-refractivity contribution < 1.29 is 0 Å². The van der Waals surface area contributed by atoms with Gasteiger partial charge in [-0.05, 0) is 30.3 Å².